The second-order valence-electron chi connectivity index (χ2n) is 6.19. The van der Waals surface area contributed by atoms with Gasteiger partial charge in [-0.25, -0.2) is 13.2 Å². The van der Waals surface area contributed by atoms with Gasteiger partial charge in [0.2, 0.25) is 5.91 Å². The Morgan fingerprint density at radius 3 is 2.54 bits per heavy atom. The third kappa shape index (κ3) is 4.22. The first-order valence-electron chi connectivity index (χ1n) is 8.24. The van der Waals surface area contributed by atoms with Gasteiger partial charge in [-0.1, -0.05) is 11.6 Å². The molecule has 0 spiro atoms. The van der Waals surface area contributed by atoms with Crippen LogP contribution in [-0.2, 0) is 4.79 Å². The molecule has 0 bridgehead atoms. The van der Waals surface area contributed by atoms with Gasteiger partial charge in [0.1, 0.15) is 0 Å². The second kappa shape index (κ2) is 8.34. The van der Waals surface area contributed by atoms with E-state index in [2.05, 4.69) is 5.32 Å². The highest BCUT2D eigenvalue weighted by molar-refractivity contribution is 7.17. The highest BCUT2D eigenvalue weighted by Gasteiger charge is 2.27. The molecule has 0 aliphatic carbocycles. The minimum absolute atomic E-state index is 0.0399. The lowest BCUT2D eigenvalue weighted by Gasteiger charge is -2.18. The molecule has 2 atom stereocenters. The molecule has 0 aliphatic rings. The number of thiophene rings is 1. The van der Waals surface area contributed by atoms with Gasteiger partial charge in [0, 0.05) is 15.9 Å². The van der Waals surface area contributed by atoms with Crippen LogP contribution in [0.25, 0.3) is 16.2 Å². The number of carbonyl (C=O) groups is 1. The number of benzene rings is 2. The fraction of sp³-hybridized carbons (Fsp3) is 0.150. The lowest BCUT2D eigenvalue weighted by molar-refractivity contribution is -0.123. The van der Waals surface area contributed by atoms with Crippen molar-refractivity contribution in [3.8, 4) is 0 Å². The standard InChI is InChI=1S/C20H15ClF3NO2S/c1-10(26)18(14-9-28-17-3-2-12(21)8-13(14)17)20(27)25-5-4-11-6-15(22)19(24)16(23)7-11/h2-10,18,26H,1H3,(H,25,27)/b5-4+. The van der Waals surface area contributed by atoms with E-state index in [1.807, 2.05) is 6.07 Å². The average molecular weight is 426 g/mol. The second-order valence-corrected chi connectivity index (χ2v) is 7.54. The summed E-state index contributed by atoms with van der Waals surface area (Å²) in [4.78, 5) is 12.6. The van der Waals surface area contributed by atoms with E-state index in [-0.39, 0.29) is 5.56 Å². The molecule has 28 heavy (non-hydrogen) atoms. The van der Waals surface area contributed by atoms with E-state index in [0.717, 1.165) is 22.2 Å². The number of carbonyl (C=O) groups excluding carboxylic acids is 1. The Bertz CT molecular complexity index is 1040. The molecule has 1 amide bonds. The van der Waals surface area contributed by atoms with Crippen LogP contribution in [-0.4, -0.2) is 17.1 Å². The zero-order valence-corrected chi connectivity index (χ0v) is 16.1. The topological polar surface area (TPSA) is 49.3 Å². The van der Waals surface area contributed by atoms with Gasteiger partial charge in [0.15, 0.2) is 17.5 Å². The van der Waals surface area contributed by atoms with Crippen LogP contribution in [0, 0.1) is 17.5 Å². The summed E-state index contributed by atoms with van der Waals surface area (Å²) in [6.45, 7) is 1.49. The molecule has 3 aromatic rings. The number of fused-ring (bicyclic) bond motifs is 1. The Morgan fingerprint density at radius 2 is 1.89 bits per heavy atom. The van der Waals surface area contributed by atoms with Gasteiger partial charge >= 0.3 is 0 Å². The van der Waals surface area contributed by atoms with Crippen LogP contribution in [0.3, 0.4) is 0 Å². The lowest BCUT2D eigenvalue weighted by atomic mass is 9.93. The normalized spacial score (nSPS) is 13.8. The summed E-state index contributed by atoms with van der Waals surface area (Å²) < 4.78 is 40.4. The van der Waals surface area contributed by atoms with E-state index in [0.29, 0.717) is 10.6 Å². The van der Waals surface area contributed by atoms with Gasteiger partial charge in [0.25, 0.3) is 0 Å². The van der Waals surface area contributed by atoms with Crippen molar-refractivity contribution in [2.75, 3.05) is 0 Å². The average Bonchev–Trinajstić information content (AvgIpc) is 3.02. The molecule has 0 saturated carbocycles. The maximum atomic E-state index is 13.2. The molecule has 2 aromatic carbocycles. The van der Waals surface area contributed by atoms with Crippen LogP contribution in [0.2, 0.25) is 5.02 Å². The number of aliphatic hydroxyl groups excluding tert-OH is 1. The van der Waals surface area contributed by atoms with Crippen LogP contribution >= 0.6 is 22.9 Å². The first-order chi connectivity index (χ1) is 13.3. The van der Waals surface area contributed by atoms with E-state index < -0.39 is 35.4 Å². The largest absolute Gasteiger partial charge is 0.392 e. The van der Waals surface area contributed by atoms with E-state index in [9.17, 15) is 23.1 Å². The number of amides is 1. The molecule has 3 rings (SSSR count). The van der Waals surface area contributed by atoms with Gasteiger partial charge in [-0.3, -0.25) is 4.79 Å². The number of nitrogens with one attached hydrogen (secondary N) is 1. The first kappa shape index (κ1) is 20.4. The molecular formula is C20H15ClF3NO2S. The first-order valence-corrected chi connectivity index (χ1v) is 9.50. The molecule has 0 aliphatic heterocycles. The van der Waals surface area contributed by atoms with Gasteiger partial charge < -0.3 is 10.4 Å². The fourth-order valence-electron chi connectivity index (χ4n) is 2.86. The van der Waals surface area contributed by atoms with E-state index >= 15 is 0 Å². The molecule has 2 N–H and O–H groups in total. The molecule has 3 nitrogen and oxygen atoms in total. The maximum absolute atomic E-state index is 13.2. The van der Waals surface area contributed by atoms with Gasteiger partial charge in [0.05, 0.1) is 12.0 Å². The maximum Gasteiger partial charge on any atom is 0.234 e. The van der Waals surface area contributed by atoms with Crippen molar-refractivity contribution < 1.29 is 23.1 Å². The van der Waals surface area contributed by atoms with Gasteiger partial charge in [-0.05, 0) is 65.2 Å². The Balaban J connectivity index is 1.83. The molecule has 8 heteroatoms. The summed E-state index contributed by atoms with van der Waals surface area (Å²) in [7, 11) is 0. The Labute approximate surface area is 168 Å². The molecule has 0 fully saturated rings. The van der Waals surface area contributed by atoms with Crippen molar-refractivity contribution in [3.63, 3.8) is 0 Å². The summed E-state index contributed by atoms with van der Waals surface area (Å²) in [6, 6.07) is 6.92. The Morgan fingerprint density at radius 1 is 1.21 bits per heavy atom. The van der Waals surface area contributed by atoms with Gasteiger partial charge in [-0.15, -0.1) is 11.3 Å². The molecule has 1 heterocycles. The highest BCUT2D eigenvalue weighted by atomic mass is 35.5. The molecule has 1 aromatic heterocycles. The van der Waals surface area contributed by atoms with Gasteiger partial charge in [-0.2, -0.15) is 0 Å². The molecule has 146 valence electrons. The van der Waals surface area contributed by atoms with E-state index in [1.54, 1.807) is 17.5 Å². The Kier molecular flexibility index (Phi) is 6.07. The number of aliphatic hydroxyl groups is 1. The van der Waals surface area contributed by atoms with Crippen LogP contribution in [0.4, 0.5) is 13.2 Å². The zero-order chi connectivity index (χ0) is 20.4. The van der Waals surface area contributed by atoms with Crippen molar-refractivity contribution in [2.45, 2.75) is 18.9 Å². The van der Waals surface area contributed by atoms with Crippen LogP contribution in [0.5, 0.6) is 0 Å². The quantitative estimate of drug-likeness (QED) is 0.550. The third-order valence-corrected chi connectivity index (χ3v) is 5.39. The summed E-state index contributed by atoms with van der Waals surface area (Å²) in [5, 5.41) is 15.7. The van der Waals surface area contributed by atoms with Crippen molar-refractivity contribution >= 4 is 45.0 Å². The molecule has 0 radical (unpaired) electrons. The van der Waals surface area contributed by atoms with Crippen LogP contribution < -0.4 is 5.32 Å². The predicted octanol–water partition coefficient (Wildman–Crippen LogP) is 5.22. The lowest BCUT2D eigenvalue weighted by Crippen LogP contribution is -2.31. The summed E-state index contributed by atoms with van der Waals surface area (Å²) >= 11 is 7.47. The van der Waals surface area contributed by atoms with E-state index in [4.69, 9.17) is 11.6 Å². The number of hydrogen-bond acceptors (Lipinski definition) is 3. The smallest absolute Gasteiger partial charge is 0.234 e. The summed E-state index contributed by atoms with van der Waals surface area (Å²) in [5.41, 5.74) is 0.667. The van der Waals surface area contributed by atoms with Crippen LogP contribution in [0.15, 0.2) is 41.9 Å². The third-order valence-electron chi connectivity index (χ3n) is 4.17. The van der Waals surface area contributed by atoms with Crippen LogP contribution in [0.1, 0.15) is 24.0 Å². The summed E-state index contributed by atoms with van der Waals surface area (Å²) in [6.07, 6.45) is 1.42. The SMILES string of the molecule is CC(O)C(C(=O)N/C=C/c1cc(F)c(F)c(F)c1)c1csc2ccc(Cl)cc12. The van der Waals surface area contributed by atoms with E-state index in [1.165, 1.54) is 30.5 Å². The highest BCUT2D eigenvalue weighted by Crippen LogP contribution is 2.35. The fourth-order valence-corrected chi connectivity index (χ4v) is 4.01. The molecule has 2 unspecified atom stereocenters. The van der Waals surface area contributed by atoms with Crippen molar-refractivity contribution in [2.24, 2.45) is 0 Å². The molecule has 0 saturated heterocycles. The minimum Gasteiger partial charge on any atom is -0.392 e. The molecular weight excluding hydrogens is 411 g/mol. The minimum atomic E-state index is -1.56. The number of rotatable bonds is 5. The Hall–Kier alpha value is -2.35. The number of hydrogen-bond donors (Lipinski definition) is 2. The number of halogens is 4. The van der Waals surface area contributed by atoms with Crippen molar-refractivity contribution in [3.05, 3.63) is 75.5 Å². The summed E-state index contributed by atoms with van der Waals surface area (Å²) in [5.74, 6) is -5.59. The van der Waals surface area contributed by atoms with Crippen molar-refractivity contribution in [1.29, 1.82) is 0 Å². The monoisotopic (exact) mass is 425 g/mol. The predicted molar refractivity (Wildman–Crippen MR) is 105 cm³/mol. The van der Waals surface area contributed by atoms with Crippen molar-refractivity contribution in [1.82, 2.24) is 5.32 Å². The zero-order valence-electron chi connectivity index (χ0n) is 14.5.